The smallest absolute Gasteiger partial charge is 0.115 e. The molecule has 0 atom stereocenters. The molecule has 6 heteroatoms. The van der Waals surface area contributed by atoms with Crippen LogP contribution in [0.4, 0.5) is 0 Å². The highest BCUT2D eigenvalue weighted by molar-refractivity contribution is 6.55. The van der Waals surface area contributed by atoms with E-state index in [0.29, 0.717) is 0 Å². The second-order valence-corrected chi connectivity index (χ2v) is 5.54. The fourth-order valence-corrected chi connectivity index (χ4v) is 2.13. The zero-order chi connectivity index (χ0) is 19.0. The molecule has 0 saturated heterocycles. The molecule has 0 bridgehead atoms. The maximum atomic E-state index is 10.2. The summed E-state index contributed by atoms with van der Waals surface area (Å²) in [5, 5.41) is 29.1. The van der Waals surface area contributed by atoms with Gasteiger partial charge in [0.2, 0.25) is 0 Å². The van der Waals surface area contributed by atoms with Crippen molar-refractivity contribution in [1.82, 2.24) is 0 Å². The fourth-order valence-electron chi connectivity index (χ4n) is 2.13. The van der Waals surface area contributed by atoms with Crippen LogP contribution in [-0.2, 0) is 0 Å². The number of benzene rings is 1. The molecule has 5 nitrogen and oxygen atoms in total. The second-order valence-electron chi connectivity index (χ2n) is 5.54. The Morgan fingerprint density at radius 1 is 0.708 bits per heavy atom. The summed E-state index contributed by atoms with van der Waals surface area (Å²) >= 11 is 0. The number of hydrogen-bond acceptors (Lipinski definition) is 3. The van der Waals surface area contributed by atoms with Crippen molar-refractivity contribution in [3.63, 3.8) is 0 Å². The van der Waals surface area contributed by atoms with E-state index in [1.54, 1.807) is 9.80 Å². The Balaban J connectivity index is 0. The highest BCUT2D eigenvalue weighted by Crippen LogP contribution is 2.02. The number of phenolic OH excluding ortho intramolecular Hbond substituents is 1. The molecule has 0 amide bonds. The predicted molar refractivity (Wildman–Crippen MR) is 98.7 cm³/mol. The molecule has 140 valence electrons. The maximum Gasteiger partial charge on any atom is 0.115 e. The second kappa shape index (κ2) is 16.8. The number of aromatic hydroxyl groups is 1. The van der Waals surface area contributed by atoms with Gasteiger partial charge >= 0.3 is 0 Å². The Kier molecular flexibility index (Phi) is 17.6. The maximum absolute atomic E-state index is 10.2. The highest BCUT2D eigenvalue weighted by atomic mass is 16.4. The quantitative estimate of drug-likeness (QED) is 0.488. The molecule has 0 aliphatic carbocycles. The van der Waals surface area contributed by atoms with Crippen LogP contribution in [-0.4, -0.2) is 51.5 Å². The molecule has 1 rings (SSSR count). The van der Waals surface area contributed by atoms with Crippen LogP contribution in [0.15, 0.2) is 24.3 Å². The summed E-state index contributed by atoms with van der Waals surface area (Å²) in [6, 6.07) is 5.27. The van der Waals surface area contributed by atoms with Gasteiger partial charge in [0, 0.05) is 0 Å². The highest BCUT2D eigenvalue weighted by Gasteiger charge is 1.93. The Hall–Kier alpha value is -1.08. The van der Waals surface area contributed by atoms with Gasteiger partial charge in [-0.1, -0.05) is 19.3 Å². The van der Waals surface area contributed by atoms with E-state index in [-0.39, 0.29) is 11.2 Å². The van der Waals surface area contributed by atoms with Crippen molar-refractivity contribution >= 4 is 12.6 Å². The monoisotopic (exact) mass is 340 g/mol. The van der Waals surface area contributed by atoms with Crippen molar-refractivity contribution < 1.29 is 25.0 Å². The van der Waals surface area contributed by atoms with E-state index < -0.39 is 7.12 Å². The van der Waals surface area contributed by atoms with Gasteiger partial charge in [-0.3, -0.25) is 0 Å². The summed E-state index contributed by atoms with van der Waals surface area (Å²) in [6.07, 6.45) is 0. The van der Waals surface area contributed by atoms with Gasteiger partial charge < -0.3 is 25.0 Å². The largest absolute Gasteiger partial charge is 0.889 e. The van der Waals surface area contributed by atoms with Crippen molar-refractivity contribution in [1.29, 1.82) is 0 Å². The third kappa shape index (κ3) is 13.4. The van der Waals surface area contributed by atoms with E-state index in [1.807, 2.05) is 0 Å². The normalized spacial score (nSPS) is 9.92. The summed E-state index contributed by atoms with van der Waals surface area (Å²) in [4.78, 5) is 3.36. The van der Waals surface area contributed by atoms with Crippen LogP contribution in [0, 0.1) is 0 Å². The van der Waals surface area contributed by atoms with Crippen molar-refractivity contribution in [3.8, 4) is 5.75 Å². The molecule has 0 spiro atoms. The van der Waals surface area contributed by atoms with Crippen LogP contribution in [0.25, 0.3) is 0 Å². The van der Waals surface area contributed by atoms with E-state index in [9.17, 15) is 10.0 Å². The van der Waals surface area contributed by atoms with E-state index >= 15 is 0 Å². The average Bonchev–Trinajstić information content (AvgIpc) is 2.59. The van der Waals surface area contributed by atoms with Gasteiger partial charge in [-0.25, -0.2) is 0 Å². The Morgan fingerprint density at radius 3 is 1.17 bits per heavy atom. The third-order valence-electron chi connectivity index (χ3n) is 4.17. The minimum absolute atomic E-state index is 0.0596. The molecule has 0 radical (unpaired) electrons. The molecule has 0 saturated carbocycles. The number of nitrogens with one attached hydrogen (secondary N) is 2. The first kappa shape index (κ1) is 25.2. The van der Waals surface area contributed by atoms with E-state index in [1.165, 1.54) is 63.5 Å². The number of phenols is 1. The Bertz CT molecular complexity index is 344. The molecule has 0 aliphatic heterocycles. The van der Waals surface area contributed by atoms with Crippen molar-refractivity contribution in [2.24, 2.45) is 0 Å². The zero-order valence-electron chi connectivity index (χ0n) is 16.4. The van der Waals surface area contributed by atoms with Crippen LogP contribution >= 0.6 is 0 Å². The summed E-state index contributed by atoms with van der Waals surface area (Å²) in [5.41, 5.74) is 0.151. The predicted octanol–water partition coefficient (Wildman–Crippen LogP) is -2.33. The molecule has 24 heavy (non-hydrogen) atoms. The van der Waals surface area contributed by atoms with Crippen LogP contribution in [0.1, 0.15) is 41.5 Å². The molecule has 1 aromatic carbocycles. The van der Waals surface area contributed by atoms with Crippen LogP contribution in [0.3, 0.4) is 0 Å². The van der Waals surface area contributed by atoms with Crippen molar-refractivity contribution in [3.05, 3.63) is 24.3 Å². The molecule has 0 aromatic heterocycles. The first-order chi connectivity index (χ1) is 11.4. The van der Waals surface area contributed by atoms with Gasteiger partial charge in [-0.15, -0.1) is 5.46 Å². The minimum atomic E-state index is -1.96. The van der Waals surface area contributed by atoms with Crippen LogP contribution in [0.5, 0.6) is 5.75 Å². The molecule has 0 aliphatic rings. The molecular formula is C18H37BN2O3. The first-order valence-corrected chi connectivity index (χ1v) is 9.17. The lowest BCUT2D eigenvalue weighted by Gasteiger charge is -2.26. The topological polar surface area (TPSA) is 75.2 Å². The number of quaternary nitrogens is 2. The van der Waals surface area contributed by atoms with Gasteiger partial charge in [0.15, 0.2) is 0 Å². The third-order valence-corrected chi connectivity index (χ3v) is 4.17. The zero-order valence-corrected chi connectivity index (χ0v) is 16.4. The van der Waals surface area contributed by atoms with Gasteiger partial charge in [0.1, 0.15) is 5.75 Å². The molecular weight excluding hydrogens is 303 g/mol. The molecule has 0 heterocycles. The van der Waals surface area contributed by atoms with E-state index in [2.05, 4.69) is 41.5 Å². The Morgan fingerprint density at radius 2 is 1.00 bits per heavy atom. The lowest BCUT2D eigenvalue weighted by atomic mass is 9.80. The molecule has 0 unspecified atom stereocenters. The van der Waals surface area contributed by atoms with Gasteiger partial charge in [0.25, 0.3) is 0 Å². The van der Waals surface area contributed by atoms with Crippen LogP contribution < -0.4 is 25.3 Å². The Labute approximate surface area is 149 Å². The lowest BCUT2D eigenvalue weighted by Crippen LogP contribution is -3.11. The van der Waals surface area contributed by atoms with E-state index in [4.69, 9.17) is 5.11 Å². The molecule has 1 aromatic rings. The van der Waals surface area contributed by atoms with Gasteiger partial charge in [0.05, 0.1) is 39.3 Å². The van der Waals surface area contributed by atoms with Crippen LogP contribution in [0.2, 0.25) is 0 Å². The average molecular weight is 340 g/mol. The summed E-state index contributed by atoms with van der Waals surface area (Å²) in [5.74, 6) is 0.0596. The lowest BCUT2D eigenvalue weighted by molar-refractivity contribution is -0.894. The van der Waals surface area contributed by atoms with Crippen molar-refractivity contribution in [2.75, 3.05) is 39.3 Å². The first-order valence-electron chi connectivity index (χ1n) is 9.17. The van der Waals surface area contributed by atoms with Gasteiger partial charge in [-0.05, 0) is 53.7 Å². The minimum Gasteiger partial charge on any atom is -0.889 e. The SMILES string of the molecule is CC[NH+](CC)CC.CC[NH+](CC)CC.[O-]B([O-])c1ccc(O)cc1. The number of hydrogen-bond donors (Lipinski definition) is 3. The molecule has 0 fully saturated rings. The number of rotatable bonds is 7. The molecule has 3 N–H and O–H groups in total. The summed E-state index contributed by atoms with van der Waals surface area (Å²) in [6.45, 7) is 21.0. The van der Waals surface area contributed by atoms with Crippen molar-refractivity contribution in [2.45, 2.75) is 41.5 Å². The van der Waals surface area contributed by atoms with E-state index in [0.717, 1.165) is 0 Å². The summed E-state index contributed by atoms with van der Waals surface area (Å²) in [7, 11) is -1.96. The summed E-state index contributed by atoms with van der Waals surface area (Å²) < 4.78 is 0. The standard InChI is InChI=1S/C6H5BO3.2C6H15N/c8-6-3-1-5(2-4-6)7(9)10;2*1-4-7(5-2)6-3/h1-4,8H;2*4-6H2,1-3H3/q-2;;/p+2. The van der Waals surface area contributed by atoms with Gasteiger partial charge in [-0.2, -0.15) is 0 Å². The fraction of sp³-hybridized carbons (Fsp3) is 0.667.